The number of thiophene rings is 1. The smallest absolute Gasteiger partial charge is 0.254 e. The van der Waals surface area contributed by atoms with Crippen molar-refractivity contribution in [3.8, 4) is 5.75 Å². The molecule has 104 valence electrons. The number of sulfonamides is 1. The average Bonchev–Trinajstić information content (AvgIpc) is 2.75. The minimum absolute atomic E-state index is 0.201. The maximum absolute atomic E-state index is 12.2. The second-order valence-electron chi connectivity index (χ2n) is 4.46. The Morgan fingerprint density at radius 2 is 2.17 bits per heavy atom. The van der Waals surface area contributed by atoms with Crippen LogP contribution in [0.15, 0.2) is 15.7 Å². The fraction of sp³-hybridized carbons (Fsp3) is 0.636. The molecule has 0 fully saturated rings. The van der Waals surface area contributed by atoms with Crippen molar-refractivity contribution in [1.82, 2.24) is 4.72 Å². The molecule has 18 heavy (non-hydrogen) atoms. The van der Waals surface area contributed by atoms with Crippen LogP contribution in [0.25, 0.3) is 0 Å². The van der Waals surface area contributed by atoms with Crippen LogP contribution in [-0.4, -0.2) is 28.1 Å². The Labute approximate surface area is 112 Å². The second-order valence-corrected chi connectivity index (χ2v) is 7.29. The number of methoxy groups -OCH3 is 1. The molecule has 0 aliphatic heterocycles. The molecule has 0 aliphatic rings. The second kappa shape index (κ2) is 6.51. The average molecular weight is 292 g/mol. The third-order valence-electron chi connectivity index (χ3n) is 2.42. The number of nitrogens with two attached hydrogens (primary N) is 1. The van der Waals surface area contributed by atoms with Gasteiger partial charge in [-0.25, -0.2) is 13.1 Å². The number of nitrogens with one attached hydrogen (secondary N) is 1. The number of rotatable bonds is 7. The highest BCUT2D eigenvalue weighted by molar-refractivity contribution is 7.91. The first-order valence-electron chi connectivity index (χ1n) is 5.74. The van der Waals surface area contributed by atoms with Gasteiger partial charge in [0.15, 0.2) is 4.21 Å². The van der Waals surface area contributed by atoms with E-state index >= 15 is 0 Å². The summed E-state index contributed by atoms with van der Waals surface area (Å²) in [7, 11) is -2.10. The maximum Gasteiger partial charge on any atom is 0.254 e. The normalized spacial score (nSPS) is 13.8. The summed E-state index contributed by atoms with van der Waals surface area (Å²) in [4.78, 5) is 0. The van der Waals surface area contributed by atoms with E-state index in [1.54, 1.807) is 11.4 Å². The van der Waals surface area contributed by atoms with Gasteiger partial charge in [0.2, 0.25) is 0 Å². The van der Waals surface area contributed by atoms with E-state index in [1.807, 2.05) is 13.8 Å². The Balaban J connectivity index is 2.87. The van der Waals surface area contributed by atoms with Crippen LogP contribution in [-0.2, 0) is 10.0 Å². The van der Waals surface area contributed by atoms with Crippen molar-refractivity contribution in [3.63, 3.8) is 0 Å². The summed E-state index contributed by atoms with van der Waals surface area (Å²) in [5.74, 6) is 0.749. The molecular formula is C11H20N2O3S2. The molecule has 1 heterocycles. The highest BCUT2D eigenvalue weighted by Crippen LogP contribution is 2.29. The summed E-state index contributed by atoms with van der Waals surface area (Å²) in [6, 6.07) is 1.39. The zero-order valence-corrected chi connectivity index (χ0v) is 12.5. The van der Waals surface area contributed by atoms with Crippen molar-refractivity contribution in [2.45, 2.75) is 30.5 Å². The van der Waals surface area contributed by atoms with Crippen LogP contribution >= 0.6 is 11.3 Å². The third-order valence-corrected chi connectivity index (χ3v) is 5.39. The fourth-order valence-corrected chi connectivity index (χ4v) is 4.22. The lowest BCUT2D eigenvalue weighted by atomic mass is 10.1. The number of hydrogen-bond donors (Lipinski definition) is 2. The van der Waals surface area contributed by atoms with E-state index in [0.717, 1.165) is 11.3 Å². The molecule has 1 rings (SSSR count). The van der Waals surface area contributed by atoms with E-state index in [1.165, 1.54) is 7.11 Å². The standard InChI is InChI=1S/C11H20N2O3S2/c1-8(2)6-9(7-12)13-18(14,15)11-10(16-3)4-5-17-11/h4-5,8-9,13H,6-7,12H2,1-3H3. The molecule has 0 spiro atoms. The monoisotopic (exact) mass is 292 g/mol. The maximum atomic E-state index is 12.2. The molecule has 0 saturated carbocycles. The van der Waals surface area contributed by atoms with E-state index in [9.17, 15) is 8.42 Å². The molecule has 0 aliphatic carbocycles. The van der Waals surface area contributed by atoms with Gasteiger partial charge in [-0.2, -0.15) is 0 Å². The molecule has 7 heteroatoms. The van der Waals surface area contributed by atoms with Crippen LogP contribution in [0.3, 0.4) is 0 Å². The minimum Gasteiger partial charge on any atom is -0.494 e. The zero-order chi connectivity index (χ0) is 13.8. The third kappa shape index (κ3) is 3.94. The largest absolute Gasteiger partial charge is 0.494 e. The summed E-state index contributed by atoms with van der Waals surface area (Å²) in [6.07, 6.45) is 0.712. The van der Waals surface area contributed by atoms with Gasteiger partial charge in [-0.3, -0.25) is 0 Å². The minimum atomic E-state index is -3.55. The molecule has 1 aromatic heterocycles. The summed E-state index contributed by atoms with van der Waals surface area (Å²) >= 11 is 1.14. The fourth-order valence-electron chi connectivity index (χ4n) is 1.67. The van der Waals surface area contributed by atoms with Crippen LogP contribution in [0.4, 0.5) is 0 Å². The summed E-state index contributed by atoms with van der Waals surface area (Å²) in [6.45, 7) is 4.34. The molecule has 1 unspecified atom stereocenters. The zero-order valence-electron chi connectivity index (χ0n) is 10.8. The van der Waals surface area contributed by atoms with E-state index in [2.05, 4.69) is 4.72 Å². The van der Waals surface area contributed by atoms with Gasteiger partial charge in [0.1, 0.15) is 5.75 Å². The molecular weight excluding hydrogens is 272 g/mol. The molecule has 0 radical (unpaired) electrons. The lowest BCUT2D eigenvalue weighted by molar-refractivity contribution is 0.405. The molecule has 0 saturated heterocycles. The van der Waals surface area contributed by atoms with Crippen LogP contribution in [0, 0.1) is 5.92 Å². The van der Waals surface area contributed by atoms with Gasteiger partial charge >= 0.3 is 0 Å². The lowest BCUT2D eigenvalue weighted by Gasteiger charge is -2.18. The van der Waals surface area contributed by atoms with E-state index in [4.69, 9.17) is 10.5 Å². The van der Waals surface area contributed by atoms with Gasteiger partial charge in [0, 0.05) is 12.6 Å². The molecule has 3 N–H and O–H groups in total. The van der Waals surface area contributed by atoms with Crippen molar-refractivity contribution in [2.75, 3.05) is 13.7 Å². The molecule has 5 nitrogen and oxygen atoms in total. The van der Waals surface area contributed by atoms with Gasteiger partial charge < -0.3 is 10.5 Å². The molecule has 0 aromatic carbocycles. The van der Waals surface area contributed by atoms with Crippen LogP contribution in [0.1, 0.15) is 20.3 Å². The van der Waals surface area contributed by atoms with Crippen molar-refractivity contribution in [3.05, 3.63) is 11.4 Å². The highest BCUT2D eigenvalue weighted by Gasteiger charge is 2.24. The Morgan fingerprint density at radius 1 is 1.50 bits per heavy atom. The molecule has 1 aromatic rings. The summed E-state index contributed by atoms with van der Waals surface area (Å²) in [5.41, 5.74) is 5.60. The van der Waals surface area contributed by atoms with Gasteiger partial charge in [-0.15, -0.1) is 11.3 Å². The first kappa shape index (κ1) is 15.4. The Kier molecular flexibility index (Phi) is 5.58. The van der Waals surface area contributed by atoms with Crippen molar-refractivity contribution >= 4 is 21.4 Å². The van der Waals surface area contributed by atoms with E-state index < -0.39 is 10.0 Å². The Hall–Kier alpha value is -0.630. The van der Waals surface area contributed by atoms with Crippen LogP contribution in [0.2, 0.25) is 0 Å². The van der Waals surface area contributed by atoms with Crippen molar-refractivity contribution in [2.24, 2.45) is 11.7 Å². The van der Waals surface area contributed by atoms with Crippen LogP contribution < -0.4 is 15.2 Å². The molecule has 0 amide bonds. The quantitative estimate of drug-likeness (QED) is 0.796. The van der Waals surface area contributed by atoms with Gasteiger partial charge in [0.25, 0.3) is 10.0 Å². The number of hydrogen-bond acceptors (Lipinski definition) is 5. The first-order valence-corrected chi connectivity index (χ1v) is 8.10. The highest BCUT2D eigenvalue weighted by atomic mass is 32.2. The SMILES string of the molecule is COc1ccsc1S(=O)(=O)NC(CN)CC(C)C. The van der Waals surface area contributed by atoms with Gasteiger partial charge in [-0.05, 0) is 23.8 Å². The summed E-state index contributed by atoms with van der Waals surface area (Å²) < 4.78 is 32.2. The van der Waals surface area contributed by atoms with E-state index in [-0.39, 0.29) is 16.8 Å². The molecule has 0 bridgehead atoms. The predicted molar refractivity (Wildman–Crippen MR) is 73.5 cm³/mol. The van der Waals surface area contributed by atoms with Gasteiger partial charge in [0.05, 0.1) is 7.11 Å². The summed E-state index contributed by atoms with van der Waals surface area (Å²) in [5, 5.41) is 1.69. The Morgan fingerprint density at radius 3 is 2.67 bits per heavy atom. The molecule has 1 atom stereocenters. The van der Waals surface area contributed by atoms with Crippen LogP contribution in [0.5, 0.6) is 5.75 Å². The number of ether oxygens (including phenoxy) is 1. The van der Waals surface area contributed by atoms with Gasteiger partial charge in [-0.1, -0.05) is 13.8 Å². The topological polar surface area (TPSA) is 81.4 Å². The first-order chi connectivity index (χ1) is 8.40. The van der Waals surface area contributed by atoms with Crippen molar-refractivity contribution in [1.29, 1.82) is 0 Å². The lowest BCUT2D eigenvalue weighted by Crippen LogP contribution is -2.40. The van der Waals surface area contributed by atoms with Crippen molar-refractivity contribution < 1.29 is 13.2 Å². The Bertz CT molecular complexity index is 468. The predicted octanol–water partition coefficient (Wildman–Crippen LogP) is 1.41. The van der Waals surface area contributed by atoms with E-state index in [0.29, 0.717) is 18.1 Å².